The fraction of sp³-hybridized carbons (Fsp3) is 0.357. The van der Waals surface area contributed by atoms with E-state index in [4.69, 9.17) is 0 Å². The number of rotatable bonds is 2. The van der Waals surface area contributed by atoms with Crippen molar-refractivity contribution < 1.29 is 0 Å². The molecule has 0 aliphatic carbocycles. The molecule has 17 heavy (non-hydrogen) atoms. The van der Waals surface area contributed by atoms with Gasteiger partial charge in [-0.05, 0) is 62.7 Å². The minimum absolute atomic E-state index is 0.101. The molecule has 2 aromatic rings. The third-order valence-electron chi connectivity index (χ3n) is 2.46. The molecule has 0 fully saturated rings. The zero-order valence-electron chi connectivity index (χ0n) is 10.7. The Balaban J connectivity index is 2.38. The summed E-state index contributed by atoms with van der Waals surface area (Å²) in [4.78, 5) is 5.45. The molecule has 1 N–H and O–H groups in total. The minimum atomic E-state index is 0.101. The lowest BCUT2D eigenvalue weighted by molar-refractivity contribution is 0.535. The van der Waals surface area contributed by atoms with Gasteiger partial charge in [-0.1, -0.05) is 6.07 Å². The number of fused-ring (bicyclic) bond motifs is 1. The molecule has 1 aromatic carbocycles. The van der Waals surface area contributed by atoms with Crippen molar-refractivity contribution in [3.8, 4) is 0 Å². The van der Waals surface area contributed by atoms with Crippen molar-refractivity contribution in [2.24, 2.45) is 0 Å². The largest absolute Gasteiger partial charge is 0.264 e. The maximum atomic E-state index is 4.22. The standard InChI is InChI=1S/C14H18N2S/c1-10-5-6-13(17-16-14(2,3)4)12-9-15-8-7-11(10)12/h5-9,16H,1-4H3. The molecule has 0 amide bonds. The molecule has 2 nitrogen and oxygen atoms in total. The van der Waals surface area contributed by atoms with Gasteiger partial charge in [-0.25, -0.2) is 0 Å². The number of pyridine rings is 1. The summed E-state index contributed by atoms with van der Waals surface area (Å²) < 4.78 is 3.44. The normalized spacial score (nSPS) is 12.0. The zero-order valence-corrected chi connectivity index (χ0v) is 11.6. The first-order valence-electron chi connectivity index (χ1n) is 5.75. The molecule has 0 spiro atoms. The zero-order chi connectivity index (χ0) is 12.5. The van der Waals surface area contributed by atoms with E-state index in [1.807, 2.05) is 12.4 Å². The first kappa shape index (κ1) is 12.4. The van der Waals surface area contributed by atoms with E-state index in [-0.39, 0.29) is 5.54 Å². The van der Waals surface area contributed by atoms with Gasteiger partial charge in [-0.2, -0.15) is 0 Å². The maximum absolute atomic E-state index is 4.22. The Labute approximate surface area is 107 Å². The smallest absolute Gasteiger partial charge is 0.0358 e. The Morgan fingerprint density at radius 3 is 2.59 bits per heavy atom. The summed E-state index contributed by atoms with van der Waals surface area (Å²) >= 11 is 1.68. The maximum Gasteiger partial charge on any atom is 0.0358 e. The highest BCUT2D eigenvalue weighted by atomic mass is 32.2. The van der Waals surface area contributed by atoms with E-state index in [1.54, 1.807) is 11.9 Å². The van der Waals surface area contributed by atoms with Gasteiger partial charge in [0, 0.05) is 28.2 Å². The van der Waals surface area contributed by atoms with E-state index in [0.717, 1.165) is 0 Å². The summed E-state index contributed by atoms with van der Waals surface area (Å²) in [5.74, 6) is 0. The topological polar surface area (TPSA) is 24.9 Å². The lowest BCUT2D eigenvalue weighted by Gasteiger charge is -2.20. The molecule has 90 valence electrons. The van der Waals surface area contributed by atoms with Gasteiger partial charge in [-0.15, -0.1) is 0 Å². The van der Waals surface area contributed by atoms with E-state index in [2.05, 4.69) is 55.6 Å². The van der Waals surface area contributed by atoms with Crippen LogP contribution in [0.15, 0.2) is 35.5 Å². The molecule has 0 bridgehead atoms. The van der Waals surface area contributed by atoms with E-state index in [9.17, 15) is 0 Å². The number of nitrogens with one attached hydrogen (secondary N) is 1. The summed E-state index contributed by atoms with van der Waals surface area (Å²) in [6, 6.07) is 6.39. The third-order valence-corrected chi connectivity index (χ3v) is 3.75. The molecule has 0 radical (unpaired) electrons. The van der Waals surface area contributed by atoms with Crippen LogP contribution in [0.25, 0.3) is 10.8 Å². The molecular weight excluding hydrogens is 228 g/mol. The monoisotopic (exact) mass is 246 g/mol. The molecule has 1 heterocycles. The predicted molar refractivity (Wildman–Crippen MR) is 75.2 cm³/mol. The lowest BCUT2D eigenvalue weighted by Crippen LogP contribution is -2.29. The van der Waals surface area contributed by atoms with Gasteiger partial charge in [-0.3, -0.25) is 9.71 Å². The van der Waals surface area contributed by atoms with Crippen LogP contribution in [0.3, 0.4) is 0 Å². The molecular formula is C14H18N2S. The van der Waals surface area contributed by atoms with E-state index < -0.39 is 0 Å². The van der Waals surface area contributed by atoms with Gasteiger partial charge in [0.05, 0.1) is 0 Å². The second kappa shape index (κ2) is 4.67. The van der Waals surface area contributed by atoms with Crippen molar-refractivity contribution >= 4 is 22.7 Å². The van der Waals surface area contributed by atoms with Gasteiger partial charge < -0.3 is 0 Å². The Hall–Kier alpha value is -1.06. The van der Waals surface area contributed by atoms with Crippen LogP contribution in [0.2, 0.25) is 0 Å². The second-order valence-electron chi connectivity index (χ2n) is 5.26. The van der Waals surface area contributed by atoms with Crippen molar-refractivity contribution in [2.75, 3.05) is 0 Å². The number of hydrogen-bond acceptors (Lipinski definition) is 3. The SMILES string of the molecule is Cc1ccc(SNC(C)(C)C)c2cnccc12. The van der Waals surface area contributed by atoms with Crippen molar-refractivity contribution in [1.82, 2.24) is 9.71 Å². The Morgan fingerprint density at radius 2 is 1.88 bits per heavy atom. The second-order valence-corrected chi connectivity index (χ2v) is 6.10. The summed E-state index contributed by atoms with van der Waals surface area (Å²) in [6.07, 6.45) is 3.79. The Kier molecular flexibility index (Phi) is 3.40. The summed E-state index contributed by atoms with van der Waals surface area (Å²) in [6.45, 7) is 8.62. The fourth-order valence-electron chi connectivity index (χ4n) is 1.61. The molecule has 3 heteroatoms. The van der Waals surface area contributed by atoms with Crippen LogP contribution in [-0.4, -0.2) is 10.5 Å². The molecule has 0 atom stereocenters. The van der Waals surface area contributed by atoms with Crippen LogP contribution in [0.1, 0.15) is 26.3 Å². The summed E-state index contributed by atoms with van der Waals surface area (Å²) in [5.41, 5.74) is 1.40. The molecule has 0 saturated heterocycles. The highest BCUT2D eigenvalue weighted by Crippen LogP contribution is 2.28. The van der Waals surface area contributed by atoms with Gasteiger partial charge in [0.1, 0.15) is 0 Å². The number of aromatic nitrogens is 1. The average molecular weight is 246 g/mol. The lowest BCUT2D eigenvalue weighted by atomic mass is 10.1. The molecule has 2 rings (SSSR count). The highest BCUT2D eigenvalue weighted by Gasteiger charge is 2.11. The number of hydrogen-bond donors (Lipinski definition) is 1. The van der Waals surface area contributed by atoms with Crippen molar-refractivity contribution in [2.45, 2.75) is 38.1 Å². The van der Waals surface area contributed by atoms with Crippen LogP contribution in [0, 0.1) is 6.92 Å². The summed E-state index contributed by atoms with van der Waals surface area (Å²) in [7, 11) is 0. The molecule has 0 saturated carbocycles. The molecule has 0 aliphatic rings. The quantitative estimate of drug-likeness (QED) is 0.812. The molecule has 0 aliphatic heterocycles. The van der Waals surface area contributed by atoms with Crippen molar-refractivity contribution in [1.29, 1.82) is 0 Å². The van der Waals surface area contributed by atoms with Crippen LogP contribution in [-0.2, 0) is 0 Å². The number of nitrogens with zero attached hydrogens (tertiary/aromatic N) is 1. The first-order valence-corrected chi connectivity index (χ1v) is 6.56. The van der Waals surface area contributed by atoms with E-state index in [1.165, 1.54) is 21.2 Å². The highest BCUT2D eigenvalue weighted by molar-refractivity contribution is 7.97. The Morgan fingerprint density at radius 1 is 1.12 bits per heavy atom. The number of aryl methyl sites for hydroxylation is 1. The summed E-state index contributed by atoms with van der Waals surface area (Å²) in [5, 5.41) is 2.50. The van der Waals surface area contributed by atoms with E-state index in [0.29, 0.717) is 0 Å². The minimum Gasteiger partial charge on any atom is -0.264 e. The molecule has 1 aromatic heterocycles. The Bertz CT molecular complexity index is 529. The van der Waals surface area contributed by atoms with Crippen LogP contribution in [0.4, 0.5) is 0 Å². The van der Waals surface area contributed by atoms with Gasteiger partial charge in [0.2, 0.25) is 0 Å². The third kappa shape index (κ3) is 2.99. The van der Waals surface area contributed by atoms with Crippen LogP contribution in [0.5, 0.6) is 0 Å². The van der Waals surface area contributed by atoms with Crippen LogP contribution < -0.4 is 4.72 Å². The van der Waals surface area contributed by atoms with Crippen LogP contribution >= 0.6 is 11.9 Å². The van der Waals surface area contributed by atoms with Gasteiger partial charge >= 0.3 is 0 Å². The first-order chi connectivity index (χ1) is 7.97. The number of benzene rings is 1. The fourth-order valence-corrected chi connectivity index (χ4v) is 2.44. The average Bonchev–Trinajstić information content (AvgIpc) is 2.27. The predicted octanol–water partition coefficient (Wildman–Crippen LogP) is 3.94. The van der Waals surface area contributed by atoms with E-state index >= 15 is 0 Å². The van der Waals surface area contributed by atoms with Crippen molar-refractivity contribution in [3.05, 3.63) is 36.2 Å². The van der Waals surface area contributed by atoms with Gasteiger partial charge in [0.15, 0.2) is 0 Å². The van der Waals surface area contributed by atoms with Gasteiger partial charge in [0.25, 0.3) is 0 Å². The molecule has 0 unspecified atom stereocenters. The van der Waals surface area contributed by atoms with Crippen molar-refractivity contribution in [3.63, 3.8) is 0 Å².